The number of carbonyl (C=O) groups is 2. The minimum absolute atomic E-state index is 0.437. The monoisotopic (exact) mass is 400 g/mol. The Labute approximate surface area is 173 Å². The van der Waals surface area contributed by atoms with Crippen LogP contribution in [0.2, 0.25) is 0 Å². The van der Waals surface area contributed by atoms with Crippen LogP contribution in [0.5, 0.6) is 0 Å². The van der Waals surface area contributed by atoms with Gasteiger partial charge in [0.1, 0.15) is 0 Å². The standard InChI is InChI=1S/C22H20N6O2/c1-23-14-7-6-8-15(13-14)25-22(30)28-20-21(29)26-17-10-3-2-9-16(17)19(27-20)18-11-4-5-12-24-18/h2-13,20,23H,1H3,(H,26,29)(H2,25,28,30). The number of benzodiazepines with no additional fused rings is 1. The molecule has 3 amide bonds. The van der Waals surface area contributed by atoms with Gasteiger partial charge in [-0.1, -0.05) is 30.3 Å². The third-order valence-electron chi connectivity index (χ3n) is 4.53. The highest BCUT2D eigenvalue weighted by Crippen LogP contribution is 2.23. The molecule has 4 N–H and O–H groups in total. The van der Waals surface area contributed by atoms with Crippen molar-refractivity contribution in [3.8, 4) is 0 Å². The molecule has 30 heavy (non-hydrogen) atoms. The number of anilines is 3. The number of carbonyl (C=O) groups excluding carboxylic acids is 2. The topological polar surface area (TPSA) is 108 Å². The molecule has 1 atom stereocenters. The van der Waals surface area contributed by atoms with Gasteiger partial charge in [0.2, 0.25) is 6.17 Å². The number of nitrogens with zero attached hydrogens (tertiary/aromatic N) is 2. The number of benzene rings is 2. The van der Waals surface area contributed by atoms with Crippen molar-refractivity contribution in [1.29, 1.82) is 0 Å². The summed E-state index contributed by atoms with van der Waals surface area (Å²) in [5.74, 6) is -0.437. The van der Waals surface area contributed by atoms with Crippen LogP contribution in [0.3, 0.4) is 0 Å². The number of aromatic nitrogens is 1. The first-order chi connectivity index (χ1) is 14.6. The summed E-state index contributed by atoms with van der Waals surface area (Å²) in [6.07, 6.45) is 0.534. The Bertz CT molecular complexity index is 1110. The van der Waals surface area contributed by atoms with Gasteiger partial charge in [-0.25, -0.2) is 9.79 Å². The van der Waals surface area contributed by atoms with Crippen molar-refractivity contribution >= 4 is 34.7 Å². The zero-order valence-corrected chi connectivity index (χ0v) is 16.2. The molecule has 0 aliphatic carbocycles. The van der Waals surface area contributed by atoms with Gasteiger partial charge in [-0.3, -0.25) is 9.78 Å². The lowest BCUT2D eigenvalue weighted by Gasteiger charge is -2.14. The molecule has 0 fully saturated rings. The van der Waals surface area contributed by atoms with E-state index in [9.17, 15) is 9.59 Å². The number of amides is 3. The zero-order chi connectivity index (χ0) is 20.9. The molecule has 4 rings (SSSR count). The summed E-state index contributed by atoms with van der Waals surface area (Å²) in [5.41, 5.74) is 3.91. The first-order valence-electron chi connectivity index (χ1n) is 9.39. The van der Waals surface area contributed by atoms with E-state index in [1.54, 1.807) is 37.5 Å². The number of fused-ring (bicyclic) bond motifs is 1. The SMILES string of the molecule is CNc1cccc(NC(=O)NC2N=C(c3ccccn3)c3ccccc3NC2=O)c1. The molecule has 0 saturated carbocycles. The number of hydrogen-bond donors (Lipinski definition) is 4. The molecule has 0 radical (unpaired) electrons. The van der Waals surface area contributed by atoms with E-state index in [0.717, 1.165) is 11.3 Å². The molecule has 1 aromatic heterocycles. The number of urea groups is 1. The summed E-state index contributed by atoms with van der Waals surface area (Å²) in [4.78, 5) is 34.2. The van der Waals surface area contributed by atoms with Gasteiger partial charge in [-0.2, -0.15) is 0 Å². The van der Waals surface area contributed by atoms with Crippen LogP contribution in [0.1, 0.15) is 11.3 Å². The van der Waals surface area contributed by atoms with Crippen molar-refractivity contribution in [3.05, 3.63) is 84.2 Å². The Kier molecular flexibility index (Phi) is 5.38. The fourth-order valence-corrected chi connectivity index (χ4v) is 3.11. The summed E-state index contributed by atoms with van der Waals surface area (Å²) in [6, 6.07) is 19.5. The first-order valence-corrected chi connectivity index (χ1v) is 9.39. The Morgan fingerprint density at radius 2 is 1.80 bits per heavy atom. The molecule has 2 heterocycles. The van der Waals surface area contributed by atoms with Crippen LogP contribution in [-0.2, 0) is 4.79 Å². The summed E-state index contributed by atoms with van der Waals surface area (Å²) < 4.78 is 0. The van der Waals surface area contributed by atoms with E-state index in [0.29, 0.717) is 22.8 Å². The molecule has 150 valence electrons. The van der Waals surface area contributed by atoms with Crippen molar-refractivity contribution in [1.82, 2.24) is 10.3 Å². The smallest absolute Gasteiger partial charge is 0.321 e. The van der Waals surface area contributed by atoms with Crippen molar-refractivity contribution in [3.63, 3.8) is 0 Å². The van der Waals surface area contributed by atoms with Crippen molar-refractivity contribution < 1.29 is 9.59 Å². The second-order valence-electron chi connectivity index (χ2n) is 6.56. The Morgan fingerprint density at radius 3 is 2.60 bits per heavy atom. The van der Waals surface area contributed by atoms with Crippen LogP contribution in [0, 0.1) is 0 Å². The summed E-state index contributed by atoms with van der Waals surface area (Å²) in [6.45, 7) is 0. The number of rotatable bonds is 4. The van der Waals surface area contributed by atoms with Gasteiger partial charge in [0, 0.05) is 30.2 Å². The highest BCUT2D eigenvalue weighted by molar-refractivity contribution is 6.19. The molecule has 1 aliphatic rings. The fraction of sp³-hybridized carbons (Fsp3) is 0.0909. The quantitative estimate of drug-likeness (QED) is 0.540. The zero-order valence-electron chi connectivity index (χ0n) is 16.2. The van der Waals surface area contributed by atoms with Crippen molar-refractivity contribution in [2.75, 3.05) is 23.0 Å². The highest BCUT2D eigenvalue weighted by Gasteiger charge is 2.27. The summed E-state index contributed by atoms with van der Waals surface area (Å²) in [7, 11) is 1.79. The minimum Gasteiger partial charge on any atom is -0.388 e. The second kappa shape index (κ2) is 8.44. The predicted octanol–water partition coefficient (Wildman–Crippen LogP) is 3.06. The van der Waals surface area contributed by atoms with E-state index in [1.807, 2.05) is 42.5 Å². The van der Waals surface area contributed by atoms with Gasteiger partial charge in [0.25, 0.3) is 5.91 Å². The summed E-state index contributed by atoms with van der Waals surface area (Å²) >= 11 is 0. The van der Waals surface area contributed by atoms with Crippen molar-refractivity contribution in [2.24, 2.45) is 4.99 Å². The number of pyridine rings is 1. The molecule has 0 spiro atoms. The van der Waals surface area contributed by atoms with Crippen LogP contribution in [-0.4, -0.2) is 35.8 Å². The van der Waals surface area contributed by atoms with Crippen LogP contribution in [0.15, 0.2) is 77.9 Å². The molecule has 1 aliphatic heterocycles. The number of nitrogens with one attached hydrogen (secondary N) is 4. The Morgan fingerprint density at radius 1 is 1.00 bits per heavy atom. The lowest BCUT2D eigenvalue weighted by atomic mass is 10.0. The van der Waals surface area contributed by atoms with Gasteiger partial charge in [0.15, 0.2) is 0 Å². The molecule has 1 unspecified atom stereocenters. The molecule has 8 heteroatoms. The third kappa shape index (κ3) is 4.12. The molecule has 8 nitrogen and oxygen atoms in total. The van der Waals surface area contributed by atoms with Crippen LogP contribution in [0.4, 0.5) is 21.9 Å². The normalized spacial score (nSPS) is 15.2. The number of aliphatic imine (C=N–C) groups is 1. The predicted molar refractivity (Wildman–Crippen MR) is 117 cm³/mol. The van der Waals surface area contributed by atoms with E-state index in [1.165, 1.54) is 0 Å². The van der Waals surface area contributed by atoms with Crippen LogP contribution >= 0.6 is 0 Å². The largest absolute Gasteiger partial charge is 0.388 e. The molecule has 3 aromatic rings. The number of para-hydroxylation sites is 1. The van der Waals surface area contributed by atoms with Gasteiger partial charge in [-0.05, 0) is 36.4 Å². The minimum atomic E-state index is -1.12. The maximum absolute atomic E-state index is 12.8. The summed E-state index contributed by atoms with van der Waals surface area (Å²) in [5, 5.41) is 11.2. The van der Waals surface area contributed by atoms with Gasteiger partial charge in [-0.15, -0.1) is 0 Å². The van der Waals surface area contributed by atoms with Gasteiger partial charge >= 0.3 is 6.03 Å². The average molecular weight is 400 g/mol. The maximum Gasteiger partial charge on any atom is 0.321 e. The van der Waals surface area contributed by atoms with Crippen LogP contribution in [0.25, 0.3) is 0 Å². The highest BCUT2D eigenvalue weighted by atomic mass is 16.2. The van der Waals surface area contributed by atoms with Gasteiger partial charge < -0.3 is 21.3 Å². The molecular weight excluding hydrogens is 380 g/mol. The molecule has 2 aromatic carbocycles. The van der Waals surface area contributed by atoms with Crippen LogP contribution < -0.4 is 21.3 Å². The molecule has 0 bridgehead atoms. The van der Waals surface area contributed by atoms with Gasteiger partial charge in [0.05, 0.1) is 17.1 Å². The first kappa shape index (κ1) is 19.1. The average Bonchev–Trinajstić information content (AvgIpc) is 2.91. The number of hydrogen-bond acceptors (Lipinski definition) is 5. The van der Waals surface area contributed by atoms with Crippen molar-refractivity contribution in [2.45, 2.75) is 6.17 Å². The van der Waals surface area contributed by atoms with E-state index in [4.69, 9.17) is 0 Å². The Balaban J connectivity index is 1.62. The maximum atomic E-state index is 12.8. The Hall–Kier alpha value is -4.20. The van der Waals surface area contributed by atoms with E-state index < -0.39 is 18.1 Å². The lowest BCUT2D eigenvalue weighted by Crippen LogP contribution is -2.44. The van der Waals surface area contributed by atoms with E-state index >= 15 is 0 Å². The third-order valence-corrected chi connectivity index (χ3v) is 4.53. The second-order valence-corrected chi connectivity index (χ2v) is 6.56. The fourth-order valence-electron chi connectivity index (χ4n) is 3.11. The van der Waals surface area contributed by atoms with E-state index in [-0.39, 0.29) is 0 Å². The molecular formula is C22H20N6O2. The molecule has 0 saturated heterocycles. The lowest BCUT2D eigenvalue weighted by molar-refractivity contribution is -0.117. The van der Waals surface area contributed by atoms with E-state index in [2.05, 4.69) is 31.2 Å².